The van der Waals surface area contributed by atoms with E-state index in [-0.39, 0.29) is 6.04 Å². The van der Waals surface area contributed by atoms with E-state index in [4.69, 9.17) is 10.6 Å². The molecule has 0 aliphatic carbocycles. The normalized spacial score (nSPS) is 15.6. The summed E-state index contributed by atoms with van der Waals surface area (Å²) in [6.07, 6.45) is 1.02. The molecule has 1 aromatic rings. The van der Waals surface area contributed by atoms with Gasteiger partial charge in [0.05, 0.1) is 12.6 Å². The van der Waals surface area contributed by atoms with Crippen LogP contribution in [0.25, 0.3) is 0 Å². The molecule has 0 spiro atoms. The van der Waals surface area contributed by atoms with Crippen molar-refractivity contribution in [3.63, 3.8) is 0 Å². The summed E-state index contributed by atoms with van der Waals surface area (Å²) < 4.78 is 5.49. The fourth-order valence-electron chi connectivity index (χ4n) is 1.90. The molecule has 0 amide bonds. The molecule has 4 heteroatoms. The van der Waals surface area contributed by atoms with E-state index in [0.717, 1.165) is 30.3 Å². The number of nitrogens with one attached hydrogen (secondary N) is 1. The molecule has 1 heterocycles. The van der Waals surface area contributed by atoms with Crippen LogP contribution in [0.1, 0.15) is 24.1 Å². The third-order valence-corrected chi connectivity index (χ3v) is 3.78. The first kappa shape index (κ1) is 11.8. The molecule has 1 unspecified atom stereocenters. The van der Waals surface area contributed by atoms with Crippen LogP contribution in [0, 0.1) is 0 Å². The zero-order valence-corrected chi connectivity index (χ0v) is 10.3. The molecule has 88 valence electrons. The van der Waals surface area contributed by atoms with E-state index in [9.17, 15) is 0 Å². The van der Waals surface area contributed by atoms with Crippen molar-refractivity contribution in [3.05, 3.63) is 29.3 Å². The highest BCUT2D eigenvalue weighted by atomic mass is 32.2. The number of rotatable bonds is 5. The maximum atomic E-state index is 5.60. The fraction of sp³-hybridized carbons (Fsp3) is 0.500. The molecule has 1 atom stereocenters. The number of hydrogen-bond acceptors (Lipinski definition) is 4. The Bertz CT molecular complexity index is 357. The van der Waals surface area contributed by atoms with Crippen LogP contribution in [0.15, 0.2) is 18.2 Å². The van der Waals surface area contributed by atoms with Gasteiger partial charge in [-0.25, -0.2) is 0 Å². The zero-order valence-electron chi connectivity index (χ0n) is 9.53. The van der Waals surface area contributed by atoms with Gasteiger partial charge >= 0.3 is 0 Å². The molecule has 3 N–H and O–H groups in total. The molecular formula is C12H18N2OS. The summed E-state index contributed by atoms with van der Waals surface area (Å²) in [5, 5.41) is 0. The lowest BCUT2D eigenvalue weighted by atomic mass is 10.0. The zero-order chi connectivity index (χ0) is 11.4. The van der Waals surface area contributed by atoms with Gasteiger partial charge < -0.3 is 4.74 Å². The molecule has 1 aromatic carbocycles. The van der Waals surface area contributed by atoms with Crippen molar-refractivity contribution < 1.29 is 4.74 Å². The second-order valence-electron chi connectivity index (χ2n) is 3.84. The van der Waals surface area contributed by atoms with E-state index in [1.165, 1.54) is 11.1 Å². The summed E-state index contributed by atoms with van der Waals surface area (Å²) in [6.45, 7) is 2.97. The highest BCUT2D eigenvalue weighted by Gasteiger charge is 2.15. The summed E-state index contributed by atoms with van der Waals surface area (Å²) in [7, 11) is 0. The molecule has 0 fully saturated rings. The summed E-state index contributed by atoms with van der Waals surface area (Å²) >= 11 is 1.90. The van der Waals surface area contributed by atoms with Crippen LogP contribution >= 0.6 is 11.8 Å². The molecule has 1 aliphatic rings. The Kier molecular flexibility index (Phi) is 4.09. The van der Waals surface area contributed by atoms with Crippen molar-refractivity contribution in [2.45, 2.75) is 19.4 Å². The van der Waals surface area contributed by atoms with Gasteiger partial charge in [0.15, 0.2) is 0 Å². The van der Waals surface area contributed by atoms with Crippen molar-refractivity contribution in [1.29, 1.82) is 0 Å². The van der Waals surface area contributed by atoms with Crippen LogP contribution in [0.5, 0.6) is 5.75 Å². The van der Waals surface area contributed by atoms with Crippen molar-refractivity contribution >= 4 is 11.8 Å². The highest BCUT2D eigenvalue weighted by Crippen LogP contribution is 2.28. The second-order valence-corrected chi connectivity index (χ2v) is 5.16. The predicted molar refractivity (Wildman–Crippen MR) is 68.7 cm³/mol. The van der Waals surface area contributed by atoms with Crippen LogP contribution in [0.3, 0.4) is 0 Å². The Morgan fingerprint density at radius 2 is 2.44 bits per heavy atom. The summed E-state index contributed by atoms with van der Waals surface area (Å²) in [4.78, 5) is 0. The Morgan fingerprint density at radius 3 is 3.19 bits per heavy atom. The Balaban J connectivity index is 2.12. The minimum absolute atomic E-state index is 0.232. The third-order valence-electron chi connectivity index (χ3n) is 2.81. The van der Waals surface area contributed by atoms with E-state index < -0.39 is 0 Å². The number of nitrogens with two attached hydrogens (primary N) is 1. The SMILES string of the molecule is CCSCC(NN)c1ccc2c(c1)CCO2. The molecule has 0 radical (unpaired) electrons. The van der Waals surface area contributed by atoms with Crippen LogP contribution in [-0.4, -0.2) is 18.1 Å². The van der Waals surface area contributed by atoms with Crippen molar-refractivity contribution in [2.75, 3.05) is 18.1 Å². The van der Waals surface area contributed by atoms with Gasteiger partial charge in [-0.15, -0.1) is 0 Å². The van der Waals surface area contributed by atoms with E-state index in [1.54, 1.807) is 0 Å². The monoisotopic (exact) mass is 238 g/mol. The van der Waals surface area contributed by atoms with Crippen molar-refractivity contribution in [2.24, 2.45) is 5.84 Å². The summed E-state index contributed by atoms with van der Waals surface area (Å²) in [5.74, 6) is 8.75. The lowest BCUT2D eigenvalue weighted by Crippen LogP contribution is -2.29. The summed E-state index contributed by atoms with van der Waals surface area (Å²) in [5.41, 5.74) is 5.44. The number of thioether (sulfide) groups is 1. The van der Waals surface area contributed by atoms with E-state index in [2.05, 4.69) is 30.5 Å². The molecule has 2 rings (SSSR count). The lowest BCUT2D eigenvalue weighted by Gasteiger charge is -2.16. The maximum Gasteiger partial charge on any atom is 0.122 e. The summed E-state index contributed by atoms with van der Waals surface area (Å²) in [6, 6.07) is 6.60. The Hall–Kier alpha value is -0.710. The van der Waals surface area contributed by atoms with Gasteiger partial charge in [0.2, 0.25) is 0 Å². The number of benzene rings is 1. The topological polar surface area (TPSA) is 47.3 Å². The van der Waals surface area contributed by atoms with E-state index in [0.29, 0.717) is 0 Å². The lowest BCUT2D eigenvalue weighted by molar-refractivity contribution is 0.356. The Labute approximate surface area is 101 Å². The third kappa shape index (κ3) is 2.51. The molecule has 0 bridgehead atoms. The molecule has 3 nitrogen and oxygen atoms in total. The number of hydrazine groups is 1. The van der Waals surface area contributed by atoms with Gasteiger partial charge in [-0.3, -0.25) is 11.3 Å². The van der Waals surface area contributed by atoms with Gasteiger partial charge in [0, 0.05) is 12.2 Å². The number of hydrogen-bond donors (Lipinski definition) is 2. The fourth-order valence-corrected chi connectivity index (χ4v) is 2.66. The average molecular weight is 238 g/mol. The van der Waals surface area contributed by atoms with Gasteiger partial charge in [-0.2, -0.15) is 11.8 Å². The number of fused-ring (bicyclic) bond motifs is 1. The molecule has 0 saturated heterocycles. The quantitative estimate of drug-likeness (QED) is 0.607. The van der Waals surface area contributed by atoms with Gasteiger partial charge in [0.25, 0.3) is 0 Å². The molecule has 0 aromatic heterocycles. The largest absolute Gasteiger partial charge is 0.493 e. The van der Waals surface area contributed by atoms with Crippen LogP contribution in [0.4, 0.5) is 0 Å². The first-order valence-electron chi connectivity index (χ1n) is 5.64. The Morgan fingerprint density at radius 1 is 1.56 bits per heavy atom. The minimum atomic E-state index is 0.232. The van der Waals surface area contributed by atoms with Crippen molar-refractivity contribution in [1.82, 2.24) is 5.43 Å². The molecule has 16 heavy (non-hydrogen) atoms. The van der Waals surface area contributed by atoms with Crippen LogP contribution in [-0.2, 0) is 6.42 Å². The smallest absolute Gasteiger partial charge is 0.122 e. The second kappa shape index (κ2) is 5.57. The maximum absolute atomic E-state index is 5.60. The average Bonchev–Trinajstić information content (AvgIpc) is 2.77. The first-order chi connectivity index (χ1) is 7.85. The minimum Gasteiger partial charge on any atom is -0.493 e. The van der Waals surface area contributed by atoms with Crippen LogP contribution in [0.2, 0.25) is 0 Å². The van der Waals surface area contributed by atoms with Crippen molar-refractivity contribution in [3.8, 4) is 5.75 Å². The highest BCUT2D eigenvalue weighted by molar-refractivity contribution is 7.99. The van der Waals surface area contributed by atoms with Gasteiger partial charge in [0.1, 0.15) is 5.75 Å². The van der Waals surface area contributed by atoms with E-state index >= 15 is 0 Å². The number of ether oxygens (including phenoxy) is 1. The van der Waals surface area contributed by atoms with E-state index in [1.807, 2.05) is 11.8 Å². The molecule has 1 aliphatic heterocycles. The molecule has 0 saturated carbocycles. The van der Waals surface area contributed by atoms with Crippen LogP contribution < -0.4 is 16.0 Å². The first-order valence-corrected chi connectivity index (χ1v) is 6.80. The predicted octanol–water partition coefficient (Wildman–Crippen LogP) is 1.88. The standard InChI is InChI=1S/C12H18N2OS/c1-2-16-8-11(14-13)9-3-4-12-10(7-9)5-6-15-12/h3-4,7,11,14H,2,5-6,8,13H2,1H3. The van der Waals surface area contributed by atoms with Gasteiger partial charge in [-0.1, -0.05) is 19.1 Å². The molecular weight excluding hydrogens is 220 g/mol. The van der Waals surface area contributed by atoms with Gasteiger partial charge in [-0.05, 0) is 22.9 Å².